The predicted octanol–water partition coefficient (Wildman–Crippen LogP) is 3.96. The lowest BCUT2D eigenvalue weighted by atomic mass is 10.1. The highest BCUT2D eigenvalue weighted by atomic mass is 35.5. The second-order valence-electron chi connectivity index (χ2n) is 8.42. The summed E-state index contributed by atoms with van der Waals surface area (Å²) in [6.45, 7) is 2.63. The van der Waals surface area contributed by atoms with Crippen LogP contribution >= 0.6 is 11.6 Å². The van der Waals surface area contributed by atoms with E-state index in [1.165, 1.54) is 6.20 Å². The maximum absolute atomic E-state index is 13.2. The molecule has 186 valence electrons. The van der Waals surface area contributed by atoms with Gasteiger partial charge in [0.05, 0.1) is 29.5 Å². The first kappa shape index (κ1) is 25.2. The molecule has 0 atom stereocenters. The Balaban J connectivity index is 1.59. The molecule has 0 saturated carbocycles. The fourth-order valence-corrected chi connectivity index (χ4v) is 3.82. The molecule has 3 N–H and O–H groups in total. The van der Waals surface area contributed by atoms with E-state index < -0.39 is 5.91 Å². The summed E-state index contributed by atoms with van der Waals surface area (Å²) in [6, 6.07) is 15.4. The fraction of sp³-hybridized carbons (Fsp3) is 0.231. The Kier molecular flexibility index (Phi) is 7.82. The Morgan fingerprint density at radius 1 is 0.972 bits per heavy atom. The first-order chi connectivity index (χ1) is 17.3. The van der Waals surface area contributed by atoms with E-state index in [0.29, 0.717) is 65.4 Å². The first-order valence-electron chi connectivity index (χ1n) is 11.4. The lowest BCUT2D eigenvalue weighted by Gasteiger charge is -2.29. The molecule has 0 radical (unpaired) electrons. The third-order valence-electron chi connectivity index (χ3n) is 5.71. The van der Waals surface area contributed by atoms with Crippen LogP contribution in [0, 0.1) is 5.41 Å². The zero-order chi connectivity index (χ0) is 25.7. The van der Waals surface area contributed by atoms with Gasteiger partial charge < -0.3 is 25.2 Å². The third kappa shape index (κ3) is 5.99. The molecule has 2 aromatic carbocycles. The largest absolute Gasteiger partial charge is 0.378 e. The molecule has 1 aliphatic heterocycles. The average Bonchev–Trinajstić information content (AvgIpc) is 2.90. The molecule has 2 amide bonds. The van der Waals surface area contributed by atoms with E-state index in [1.807, 2.05) is 6.07 Å². The molecule has 2 heterocycles. The molecule has 0 unspecified atom stereocenters. The van der Waals surface area contributed by atoms with Crippen LogP contribution in [0.5, 0.6) is 0 Å². The van der Waals surface area contributed by atoms with Crippen molar-refractivity contribution < 1.29 is 14.3 Å². The van der Waals surface area contributed by atoms with Crippen molar-refractivity contribution in [3.63, 3.8) is 0 Å². The molecule has 3 aromatic rings. The Bertz CT molecular complexity index is 1260. The summed E-state index contributed by atoms with van der Waals surface area (Å²) in [5, 5.41) is 14.2. The van der Waals surface area contributed by atoms with E-state index in [0.717, 1.165) is 5.69 Å². The minimum atomic E-state index is -0.412. The number of carbonyl (C=O) groups excluding carboxylic acids is 2. The van der Waals surface area contributed by atoms with E-state index in [1.54, 1.807) is 67.5 Å². The Morgan fingerprint density at radius 2 is 1.67 bits per heavy atom. The number of ether oxygens (including phenoxy) is 1. The molecule has 1 aromatic heterocycles. The SMILES string of the molecule is CN(C)C(=N)c1ccc(C(=O)Nc2ccc(N3CCOCC3)cc2C(=O)Nc2ccc(Cl)cn2)cc1. The Labute approximate surface area is 214 Å². The minimum Gasteiger partial charge on any atom is -0.378 e. The number of nitrogens with one attached hydrogen (secondary N) is 3. The molecule has 0 bridgehead atoms. The number of halogens is 1. The van der Waals surface area contributed by atoms with E-state index in [4.69, 9.17) is 21.7 Å². The topological polar surface area (TPSA) is 111 Å². The van der Waals surface area contributed by atoms with Crippen LogP contribution in [0.15, 0.2) is 60.8 Å². The van der Waals surface area contributed by atoms with Crippen LogP contribution in [0.1, 0.15) is 26.3 Å². The third-order valence-corrected chi connectivity index (χ3v) is 5.93. The molecule has 0 aliphatic carbocycles. The van der Waals surface area contributed by atoms with Crippen LogP contribution in [0.3, 0.4) is 0 Å². The summed E-state index contributed by atoms with van der Waals surface area (Å²) in [5.74, 6) is -0.0893. The van der Waals surface area contributed by atoms with Crippen molar-refractivity contribution in [2.24, 2.45) is 0 Å². The number of aromatic nitrogens is 1. The number of amidine groups is 1. The lowest BCUT2D eigenvalue weighted by molar-refractivity contribution is 0.102. The highest BCUT2D eigenvalue weighted by molar-refractivity contribution is 6.30. The van der Waals surface area contributed by atoms with Crippen LogP contribution in [0.2, 0.25) is 5.02 Å². The van der Waals surface area contributed by atoms with E-state index in [9.17, 15) is 9.59 Å². The van der Waals surface area contributed by atoms with Crippen LogP contribution in [0.4, 0.5) is 17.2 Å². The van der Waals surface area contributed by atoms with Gasteiger partial charge in [0.25, 0.3) is 11.8 Å². The summed E-state index contributed by atoms with van der Waals surface area (Å²) in [5.41, 5.74) is 2.64. The smallest absolute Gasteiger partial charge is 0.259 e. The quantitative estimate of drug-likeness (QED) is 0.345. The number of hydrogen-bond donors (Lipinski definition) is 3. The number of carbonyl (C=O) groups is 2. The summed E-state index contributed by atoms with van der Waals surface area (Å²) in [7, 11) is 3.57. The van der Waals surface area contributed by atoms with Crippen molar-refractivity contribution in [3.8, 4) is 0 Å². The molecule has 9 nitrogen and oxygen atoms in total. The van der Waals surface area contributed by atoms with Gasteiger partial charge in [-0.05, 0) is 42.5 Å². The van der Waals surface area contributed by atoms with Gasteiger partial charge in [0.2, 0.25) is 0 Å². The number of amides is 2. The summed E-state index contributed by atoms with van der Waals surface area (Å²) in [6.07, 6.45) is 1.45. The lowest BCUT2D eigenvalue weighted by Crippen LogP contribution is -2.36. The molecule has 10 heteroatoms. The van der Waals surface area contributed by atoms with Crippen LogP contribution in [0.25, 0.3) is 0 Å². The van der Waals surface area contributed by atoms with Crippen LogP contribution < -0.4 is 15.5 Å². The standard InChI is InChI=1S/C26H27ClN6O3/c1-32(2)24(28)17-3-5-18(6-4-17)25(34)30-22-9-8-20(33-11-13-36-14-12-33)15-21(22)26(35)31-23-10-7-19(27)16-29-23/h3-10,15-16,28H,11-14H2,1-2H3,(H,30,34)(H,29,31,35). The number of nitrogens with zero attached hydrogens (tertiary/aromatic N) is 3. The number of morpholine rings is 1. The monoisotopic (exact) mass is 506 g/mol. The normalized spacial score (nSPS) is 13.1. The van der Waals surface area contributed by atoms with Gasteiger partial charge in [0, 0.05) is 50.2 Å². The van der Waals surface area contributed by atoms with Gasteiger partial charge in [-0.1, -0.05) is 23.7 Å². The number of pyridine rings is 1. The zero-order valence-electron chi connectivity index (χ0n) is 20.0. The van der Waals surface area contributed by atoms with Gasteiger partial charge in [0.15, 0.2) is 0 Å². The zero-order valence-corrected chi connectivity index (χ0v) is 20.8. The molecule has 1 fully saturated rings. The Morgan fingerprint density at radius 3 is 2.31 bits per heavy atom. The van der Waals surface area contributed by atoms with Crippen molar-refractivity contribution >= 4 is 46.4 Å². The van der Waals surface area contributed by atoms with Gasteiger partial charge >= 0.3 is 0 Å². The van der Waals surface area contributed by atoms with Crippen molar-refractivity contribution in [2.45, 2.75) is 0 Å². The van der Waals surface area contributed by atoms with Crippen molar-refractivity contribution in [1.29, 1.82) is 5.41 Å². The molecule has 1 aliphatic rings. The molecule has 1 saturated heterocycles. The number of rotatable bonds is 6. The molecule has 4 rings (SSSR count). The summed E-state index contributed by atoms with van der Waals surface area (Å²) < 4.78 is 5.44. The second kappa shape index (κ2) is 11.2. The van der Waals surface area contributed by atoms with Crippen LogP contribution in [-0.2, 0) is 4.74 Å². The number of hydrogen-bond acceptors (Lipinski definition) is 6. The fourth-order valence-electron chi connectivity index (χ4n) is 3.71. The Hall–Kier alpha value is -3.95. The van der Waals surface area contributed by atoms with Crippen molar-refractivity contribution in [3.05, 3.63) is 82.5 Å². The van der Waals surface area contributed by atoms with Crippen LogP contribution in [-0.4, -0.2) is 67.9 Å². The average molecular weight is 507 g/mol. The van der Waals surface area contributed by atoms with Gasteiger partial charge in [-0.25, -0.2) is 4.98 Å². The van der Waals surface area contributed by atoms with Gasteiger partial charge in [-0.2, -0.15) is 0 Å². The maximum Gasteiger partial charge on any atom is 0.259 e. The van der Waals surface area contributed by atoms with E-state index >= 15 is 0 Å². The molecular formula is C26H27ClN6O3. The number of anilines is 3. The predicted molar refractivity (Wildman–Crippen MR) is 142 cm³/mol. The molecular weight excluding hydrogens is 480 g/mol. The molecule has 36 heavy (non-hydrogen) atoms. The van der Waals surface area contributed by atoms with Crippen molar-refractivity contribution in [1.82, 2.24) is 9.88 Å². The maximum atomic E-state index is 13.2. The summed E-state index contributed by atoms with van der Waals surface area (Å²) in [4.78, 5) is 34.2. The van der Waals surface area contributed by atoms with Gasteiger partial charge in [-0.3, -0.25) is 15.0 Å². The van der Waals surface area contributed by atoms with Gasteiger partial charge in [-0.15, -0.1) is 0 Å². The molecule has 0 spiro atoms. The highest BCUT2D eigenvalue weighted by Crippen LogP contribution is 2.26. The summed E-state index contributed by atoms with van der Waals surface area (Å²) >= 11 is 5.90. The minimum absolute atomic E-state index is 0.301. The first-order valence-corrected chi connectivity index (χ1v) is 11.8. The van der Waals surface area contributed by atoms with E-state index in [-0.39, 0.29) is 5.91 Å². The van der Waals surface area contributed by atoms with Gasteiger partial charge in [0.1, 0.15) is 11.7 Å². The van der Waals surface area contributed by atoms with Crippen molar-refractivity contribution in [2.75, 3.05) is 55.9 Å². The second-order valence-corrected chi connectivity index (χ2v) is 8.86. The van der Waals surface area contributed by atoms with E-state index in [2.05, 4.69) is 20.5 Å². The number of benzene rings is 2. The highest BCUT2D eigenvalue weighted by Gasteiger charge is 2.19.